The Kier molecular flexibility index (Phi) is 6.69. The third-order valence-corrected chi connectivity index (χ3v) is 5.95. The molecular weight excluding hydrogens is 400 g/mol. The molecule has 1 atom stereocenters. The minimum Gasteiger partial charge on any atom is -0.352 e. The normalized spacial score (nSPS) is 14.0. The fraction of sp³-hybridized carbons (Fsp3) is 0.346. The molecule has 1 aliphatic rings. The van der Waals surface area contributed by atoms with Crippen molar-refractivity contribution in [3.63, 3.8) is 0 Å². The maximum absolute atomic E-state index is 12.8. The molecule has 166 valence electrons. The molecule has 2 aromatic carbocycles. The van der Waals surface area contributed by atoms with Crippen LogP contribution < -0.4 is 15.8 Å². The van der Waals surface area contributed by atoms with Gasteiger partial charge in [-0.15, -0.1) is 0 Å². The van der Waals surface area contributed by atoms with E-state index < -0.39 is 0 Å². The van der Waals surface area contributed by atoms with Crippen LogP contribution >= 0.6 is 0 Å². The lowest BCUT2D eigenvalue weighted by molar-refractivity contribution is -0.122. The molecule has 6 nitrogen and oxygen atoms in total. The highest BCUT2D eigenvalue weighted by molar-refractivity contribution is 5.76. The summed E-state index contributed by atoms with van der Waals surface area (Å²) < 4.78 is 1.50. The fourth-order valence-corrected chi connectivity index (χ4v) is 4.23. The van der Waals surface area contributed by atoms with Gasteiger partial charge in [0.15, 0.2) is 0 Å². The van der Waals surface area contributed by atoms with Gasteiger partial charge in [0.1, 0.15) is 6.54 Å². The van der Waals surface area contributed by atoms with Crippen LogP contribution in [0.25, 0.3) is 0 Å². The molecule has 0 radical (unpaired) electrons. The van der Waals surface area contributed by atoms with Gasteiger partial charge in [0.2, 0.25) is 11.9 Å². The van der Waals surface area contributed by atoms with Crippen molar-refractivity contribution in [2.45, 2.75) is 52.2 Å². The number of aromatic nitrogens is 2. The number of hydrogen-bond donors (Lipinski definition) is 1. The summed E-state index contributed by atoms with van der Waals surface area (Å²) in [5, 5.41) is 3.04. The Morgan fingerprint density at radius 2 is 1.81 bits per heavy atom. The van der Waals surface area contributed by atoms with E-state index in [1.54, 1.807) is 0 Å². The van der Waals surface area contributed by atoms with Gasteiger partial charge in [-0.25, -0.2) is 4.98 Å². The van der Waals surface area contributed by atoms with E-state index in [4.69, 9.17) is 0 Å². The number of amides is 1. The lowest BCUT2D eigenvalue weighted by atomic mass is 10.0. The summed E-state index contributed by atoms with van der Waals surface area (Å²) in [6.45, 7) is 5.23. The first-order valence-electron chi connectivity index (χ1n) is 11.2. The molecule has 0 aliphatic carbocycles. The maximum Gasteiger partial charge on any atom is 0.255 e. The van der Waals surface area contributed by atoms with E-state index in [1.165, 1.54) is 27.3 Å². The average molecular weight is 431 g/mol. The van der Waals surface area contributed by atoms with Crippen molar-refractivity contribution in [2.24, 2.45) is 0 Å². The lowest BCUT2D eigenvalue weighted by Crippen LogP contribution is -2.41. The molecule has 0 bridgehead atoms. The van der Waals surface area contributed by atoms with Crippen molar-refractivity contribution in [3.8, 4) is 0 Å². The third kappa shape index (κ3) is 5.25. The van der Waals surface area contributed by atoms with E-state index in [9.17, 15) is 9.59 Å². The minimum absolute atomic E-state index is 0.0159. The summed E-state index contributed by atoms with van der Waals surface area (Å²) >= 11 is 0. The van der Waals surface area contributed by atoms with Crippen molar-refractivity contribution in [1.82, 2.24) is 14.9 Å². The van der Waals surface area contributed by atoms with E-state index in [-0.39, 0.29) is 24.1 Å². The van der Waals surface area contributed by atoms with Crippen LogP contribution in [0, 0.1) is 6.92 Å². The standard InChI is InChI=1S/C26H30N4O2/c1-19(12-13-21-8-4-3-5-9-21)27-24(31)18-30-25(32)16-20(2)28-26(30)29-15-14-22-10-6-7-11-23(22)17-29/h3-11,16,19H,12-15,17-18H2,1-2H3,(H,27,31). The first kappa shape index (κ1) is 21.8. The van der Waals surface area contributed by atoms with Crippen LogP contribution in [-0.2, 0) is 30.7 Å². The predicted octanol–water partition coefficient (Wildman–Crippen LogP) is 3.25. The molecule has 1 aliphatic heterocycles. The van der Waals surface area contributed by atoms with Crippen molar-refractivity contribution in [3.05, 3.63) is 93.4 Å². The lowest BCUT2D eigenvalue weighted by Gasteiger charge is -2.31. The zero-order chi connectivity index (χ0) is 22.5. The Balaban J connectivity index is 1.45. The van der Waals surface area contributed by atoms with Crippen LogP contribution in [0.4, 0.5) is 5.95 Å². The molecule has 3 aromatic rings. The Morgan fingerprint density at radius 1 is 1.09 bits per heavy atom. The Morgan fingerprint density at radius 3 is 2.59 bits per heavy atom. The first-order chi connectivity index (χ1) is 15.5. The summed E-state index contributed by atoms with van der Waals surface area (Å²) in [6.07, 6.45) is 2.63. The number of hydrogen-bond acceptors (Lipinski definition) is 4. The Labute approximate surface area is 188 Å². The van der Waals surface area contributed by atoms with E-state index in [1.807, 2.05) is 38.1 Å². The molecule has 2 heterocycles. The predicted molar refractivity (Wildman–Crippen MR) is 127 cm³/mol. The number of carbonyl (C=O) groups excluding carboxylic acids is 1. The number of anilines is 1. The molecule has 6 heteroatoms. The van der Waals surface area contributed by atoms with Crippen LogP contribution in [0.5, 0.6) is 0 Å². The first-order valence-corrected chi connectivity index (χ1v) is 11.2. The van der Waals surface area contributed by atoms with Gasteiger partial charge in [-0.1, -0.05) is 54.6 Å². The van der Waals surface area contributed by atoms with Gasteiger partial charge in [-0.3, -0.25) is 14.2 Å². The highest BCUT2D eigenvalue weighted by Crippen LogP contribution is 2.22. The summed E-state index contributed by atoms with van der Waals surface area (Å²) in [4.78, 5) is 32.3. The molecule has 4 rings (SSSR count). The largest absolute Gasteiger partial charge is 0.352 e. The number of benzene rings is 2. The van der Waals surface area contributed by atoms with Crippen LogP contribution in [0.15, 0.2) is 65.5 Å². The van der Waals surface area contributed by atoms with Crippen molar-refractivity contribution in [1.29, 1.82) is 0 Å². The molecule has 1 N–H and O–H groups in total. The Hall–Kier alpha value is -3.41. The molecule has 32 heavy (non-hydrogen) atoms. The topological polar surface area (TPSA) is 67.2 Å². The minimum atomic E-state index is -0.196. The molecular formula is C26H30N4O2. The molecule has 0 fully saturated rings. The summed E-state index contributed by atoms with van der Waals surface area (Å²) in [5.41, 5.74) is 4.28. The number of nitrogens with zero attached hydrogens (tertiary/aromatic N) is 3. The van der Waals surface area contributed by atoms with Gasteiger partial charge in [0.25, 0.3) is 5.56 Å². The number of rotatable bonds is 7. The van der Waals surface area contributed by atoms with Gasteiger partial charge in [-0.05, 0) is 49.8 Å². The second-order valence-electron chi connectivity index (χ2n) is 8.56. The molecule has 0 saturated carbocycles. The van der Waals surface area contributed by atoms with E-state index in [0.29, 0.717) is 18.2 Å². The summed E-state index contributed by atoms with van der Waals surface area (Å²) in [5.74, 6) is 0.397. The van der Waals surface area contributed by atoms with Crippen LogP contribution in [0.1, 0.15) is 35.7 Å². The second kappa shape index (κ2) is 9.81. The second-order valence-corrected chi connectivity index (χ2v) is 8.56. The number of carbonyl (C=O) groups is 1. The van der Waals surface area contributed by atoms with Gasteiger partial charge >= 0.3 is 0 Å². The molecule has 0 spiro atoms. The van der Waals surface area contributed by atoms with Gasteiger partial charge in [0, 0.05) is 30.9 Å². The number of nitrogens with one attached hydrogen (secondary N) is 1. The highest BCUT2D eigenvalue weighted by Gasteiger charge is 2.22. The summed E-state index contributed by atoms with van der Waals surface area (Å²) in [6, 6.07) is 20.1. The Bertz CT molecular complexity index is 1140. The SMILES string of the molecule is Cc1cc(=O)n(CC(=O)NC(C)CCc2ccccc2)c(N2CCc3ccccc3C2)n1. The molecule has 1 amide bonds. The van der Waals surface area contributed by atoms with E-state index in [2.05, 4.69) is 45.5 Å². The quantitative estimate of drug-likeness (QED) is 0.625. The van der Waals surface area contributed by atoms with E-state index in [0.717, 1.165) is 25.8 Å². The van der Waals surface area contributed by atoms with Crippen molar-refractivity contribution < 1.29 is 4.79 Å². The van der Waals surface area contributed by atoms with Crippen molar-refractivity contribution in [2.75, 3.05) is 11.4 Å². The zero-order valence-corrected chi connectivity index (χ0v) is 18.8. The molecule has 1 unspecified atom stereocenters. The van der Waals surface area contributed by atoms with Gasteiger partial charge in [-0.2, -0.15) is 0 Å². The maximum atomic E-state index is 12.8. The van der Waals surface area contributed by atoms with Gasteiger partial charge < -0.3 is 10.2 Å². The third-order valence-electron chi connectivity index (χ3n) is 5.95. The monoisotopic (exact) mass is 430 g/mol. The highest BCUT2D eigenvalue weighted by atomic mass is 16.2. The average Bonchev–Trinajstić information content (AvgIpc) is 2.79. The number of aryl methyl sites for hydroxylation is 2. The van der Waals surface area contributed by atoms with Gasteiger partial charge in [0.05, 0.1) is 0 Å². The molecule has 1 aromatic heterocycles. The van der Waals surface area contributed by atoms with Crippen LogP contribution in [0.2, 0.25) is 0 Å². The fourth-order valence-electron chi connectivity index (χ4n) is 4.23. The van der Waals surface area contributed by atoms with Crippen LogP contribution in [-0.4, -0.2) is 28.0 Å². The van der Waals surface area contributed by atoms with Crippen molar-refractivity contribution >= 4 is 11.9 Å². The zero-order valence-electron chi connectivity index (χ0n) is 18.8. The summed E-state index contributed by atoms with van der Waals surface area (Å²) in [7, 11) is 0. The molecule has 0 saturated heterocycles. The van der Waals surface area contributed by atoms with E-state index >= 15 is 0 Å². The van der Waals surface area contributed by atoms with Crippen LogP contribution in [0.3, 0.4) is 0 Å². The smallest absolute Gasteiger partial charge is 0.255 e. The number of fused-ring (bicyclic) bond motifs is 1.